The van der Waals surface area contributed by atoms with E-state index in [9.17, 15) is 4.79 Å². The zero-order valence-electron chi connectivity index (χ0n) is 14.4. The Balaban J connectivity index is 1.55. The molecule has 0 radical (unpaired) electrons. The Morgan fingerprint density at radius 3 is 2.56 bits per heavy atom. The molecular weight excluding hydrogens is 318 g/mol. The summed E-state index contributed by atoms with van der Waals surface area (Å²) < 4.78 is 10.9. The van der Waals surface area contributed by atoms with E-state index >= 15 is 0 Å². The molecule has 0 saturated carbocycles. The number of methoxy groups -OCH3 is 1. The van der Waals surface area contributed by atoms with Crippen molar-refractivity contribution in [2.24, 2.45) is 0 Å². The van der Waals surface area contributed by atoms with E-state index in [1.807, 2.05) is 49.5 Å². The third-order valence-corrected chi connectivity index (χ3v) is 3.99. The molecule has 25 heavy (non-hydrogen) atoms. The Morgan fingerprint density at radius 2 is 1.80 bits per heavy atom. The van der Waals surface area contributed by atoms with Crippen LogP contribution in [0, 0.1) is 0 Å². The number of rotatable bonds is 7. The second kappa shape index (κ2) is 7.81. The van der Waals surface area contributed by atoms with Gasteiger partial charge in [0, 0.05) is 0 Å². The summed E-state index contributed by atoms with van der Waals surface area (Å²) in [6.45, 7) is 2.00. The summed E-state index contributed by atoms with van der Waals surface area (Å²) in [4.78, 5) is 20.7. The quantitative estimate of drug-likeness (QED) is 0.674. The Hall–Kier alpha value is -2.86. The summed E-state index contributed by atoms with van der Waals surface area (Å²) in [6.07, 6.45) is 0. The highest BCUT2D eigenvalue weighted by molar-refractivity contribution is 5.77. The molecule has 2 aromatic carbocycles. The van der Waals surface area contributed by atoms with Crippen molar-refractivity contribution in [1.82, 2.24) is 9.97 Å². The number of nitrogens with zero attached hydrogens (tertiary/aromatic N) is 1. The third-order valence-electron chi connectivity index (χ3n) is 3.99. The average Bonchev–Trinajstić information content (AvgIpc) is 2.62. The molecule has 1 heterocycles. The van der Waals surface area contributed by atoms with Gasteiger partial charge in [0.1, 0.15) is 31.2 Å². The number of quaternary nitrogens is 1. The Kier molecular flexibility index (Phi) is 5.30. The van der Waals surface area contributed by atoms with Crippen LogP contribution < -0.4 is 19.9 Å². The molecule has 1 atom stereocenters. The Morgan fingerprint density at radius 1 is 1.08 bits per heavy atom. The molecule has 6 nitrogen and oxygen atoms in total. The number of hydrogen-bond acceptors (Lipinski definition) is 4. The maximum Gasteiger partial charge on any atom is 0.258 e. The van der Waals surface area contributed by atoms with Gasteiger partial charge in [0.25, 0.3) is 5.56 Å². The fourth-order valence-corrected chi connectivity index (χ4v) is 2.61. The second-order valence-corrected chi connectivity index (χ2v) is 5.94. The molecule has 0 saturated heterocycles. The van der Waals surface area contributed by atoms with Crippen LogP contribution in [-0.2, 0) is 6.54 Å². The molecule has 130 valence electrons. The van der Waals surface area contributed by atoms with Gasteiger partial charge in [-0.2, -0.15) is 0 Å². The van der Waals surface area contributed by atoms with Crippen molar-refractivity contribution in [3.63, 3.8) is 0 Å². The maximum atomic E-state index is 12.1. The van der Waals surface area contributed by atoms with Crippen LogP contribution in [0.15, 0.2) is 53.3 Å². The first-order valence-corrected chi connectivity index (χ1v) is 8.22. The highest BCUT2D eigenvalue weighted by atomic mass is 16.5. The Labute approximate surface area is 146 Å². The normalized spacial score (nSPS) is 12.1. The molecule has 0 spiro atoms. The van der Waals surface area contributed by atoms with Crippen LogP contribution in [0.25, 0.3) is 10.9 Å². The van der Waals surface area contributed by atoms with Crippen LogP contribution in [0.1, 0.15) is 5.82 Å². The van der Waals surface area contributed by atoms with Crippen LogP contribution in [0.2, 0.25) is 0 Å². The maximum absolute atomic E-state index is 12.1. The predicted molar refractivity (Wildman–Crippen MR) is 96.3 cm³/mol. The summed E-state index contributed by atoms with van der Waals surface area (Å²) in [5.41, 5.74) is 0.631. The summed E-state index contributed by atoms with van der Waals surface area (Å²) in [6, 6.07) is 14.9. The number of benzene rings is 2. The first kappa shape index (κ1) is 17.0. The SMILES string of the molecule is COc1ccc(OCC[NH+](C)Cc2nc3ccccc3c(=O)[nH]2)cc1. The van der Waals surface area contributed by atoms with Gasteiger partial charge in [0.2, 0.25) is 0 Å². The largest absolute Gasteiger partial charge is 0.497 e. The van der Waals surface area contributed by atoms with Gasteiger partial charge in [-0.1, -0.05) is 12.1 Å². The first-order chi connectivity index (χ1) is 12.2. The predicted octanol–water partition coefficient (Wildman–Crippen LogP) is 1.03. The van der Waals surface area contributed by atoms with Gasteiger partial charge in [0.15, 0.2) is 5.82 Å². The number of nitrogens with one attached hydrogen (secondary N) is 2. The zero-order chi connectivity index (χ0) is 17.6. The highest BCUT2D eigenvalue weighted by Gasteiger charge is 2.09. The average molecular weight is 340 g/mol. The van der Waals surface area contributed by atoms with E-state index in [1.54, 1.807) is 13.2 Å². The molecule has 0 bridgehead atoms. The van der Waals surface area contributed by atoms with Gasteiger partial charge in [-0.15, -0.1) is 0 Å². The zero-order valence-corrected chi connectivity index (χ0v) is 14.4. The van der Waals surface area contributed by atoms with Crippen LogP contribution in [-0.4, -0.2) is 37.3 Å². The number of hydrogen-bond donors (Lipinski definition) is 2. The highest BCUT2D eigenvalue weighted by Crippen LogP contribution is 2.16. The lowest BCUT2D eigenvalue weighted by molar-refractivity contribution is -0.894. The fraction of sp³-hybridized carbons (Fsp3) is 0.263. The molecule has 0 fully saturated rings. The van der Waals surface area contributed by atoms with Crippen molar-refractivity contribution in [1.29, 1.82) is 0 Å². The molecule has 1 unspecified atom stereocenters. The number of aromatic nitrogens is 2. The number of H-pyrrole nitrogens is 1. The molecule has 6 heteroatoms. The summed E-state index contributed by atoms with van der Waals surface area (Å²) in [5.74, 6) is 2.30. The van der Waals surface area contributed by atoms with Crippen LogP contribution in [0.3, 0.4) is 0 Å². The molecule has 0 aliphatic carbocycles. The van der Waals surface area contributed by atoms with Gasteiger partial charge in [0.05, 0.1) is 25.1 Å². The minimum atomic E-state index is -0.0946. The Bertz CT molecular complexity index is 890. The standard InChI is InChI=1S/C19H21N3O3/c1-22(11-12-25-15-9-7-14(24-2)8-10-15)13-18-20-17-6-4-3-5-16(17)19(23)21-18/h3-10H,11-13H2,1-2H3,(H,20,21,23)/p+1. The molecular formula is C19H22N3O3+. The van der Waals surface area contributed by atoms with Gasteiger partial charge in [-0.3, -0.25) is 4.79 Å². The number of para-hydroxylation sites is 1. The molecule has 3 rings (SSSR count). The topological polar surface area (TPSA) is 68.7 Å². The lowest BCUT2D eigenvalue weighted by atomic mass is 10.2. The van der Waals surface area contributed by atoms with E-state index < -0.39 is 0 Å². The van der Waals surface area contributed by atoms with E-state index in [2.05, 4.69) is 9.97 Å². The first-order valence-electron chi connectivity index (χ1n) is 8.22. The minimum absolute atomic E-state index is 0.0946. The third kappa shape index (κ3) is 4.36. The molecule has 0 amide bonds. The van der Waals surface area contributed by atoms with Crippen LogP contribution in [0.5, 0.6) is 11.5 Å². The van der Waals surface area contributed by atoms with Crippen LogP contribution in [0.4, 0.5) is 0 Å². The van der Waals surface area contributed by atoms with Crippen molar-refractivity contribution in [3.8, 4) is 11.5 Å². The number of ether oxygens (including phenoxy) is 2. The molecule has 2 N–H and O–H groups in total. The van der Waals surface area contributed by atoms with Crippen LogP contribution >= 0.6 is 0 Å². The number of likely N-dealkylation sites (N-methyl/N-ethyl adjacent to an activating group) is 1. The van der Waals surface area contributed by atoms with E-state index in [0.29, 0.717) is 24.4 Å². The van der Waals surface area contributed by atoms with E-state index in [-0.39, 0.29) is 5.56 Å². The monoisotopic (exact) mass is 340 g/mol. The van der Waals surface area contributed by atoms with Gasteiger partial charge >= 0.3 is 0 Å². The van der Waals surface area contributed by atoms with E-state index in [4.69, 9.17) is 9.47 Å². The molecule has 3 aromatic rings. The molecule has 0 aliphatic heterocycles. The lowest BCUT2D eigenvalue weighted by Gasteiger charge is -2.14. The lowest BCUT2D eigenvalue weighted by Crippen LogP contribution is -3.08. The number of aromatic amines is 1. The number of fused-ring (bicyclic) bond motifs is 1. The summed E-state index contributed by atoms with van der Waals surface area (Å²) >= 11 is 0. The summed E-state index contributed by atoms with van der Waals surface area (Å²) in [5, 5.41) is 0.617. The van der Waals surface area contributed by atoms with E-state index in [0.717, 1.165) is 23.6 Å². The van der Waals surface area contributed by atoms with E-state index in [1.165, 1.54) is 4.90 Å². The van der Waals surface area contributed by atoms with Crippen molar-refractivity contribution in [2.75, 3.05) is 27.3 Å². The fourth-order valence-electron chi connectivity index (χ4n) is 2.61. The summed E-state index contributed by atoms with van der Waals surface area (Å²) in [7, 11) is 3.69. The van der Waals surface area contributed by atoms with Gasteiger partial charge in [-0.05, 0) is 36.4 Å². The molecule has 1 aromatic heterocycles. The molecule has 0 aliphatic rings. The van der Waals surface area contributed by atoms with Crippen molar-refractivity contribution < 1.29 is 14.4 Å². The van der Waals surface area contributed by atoms with Gasteiger partial charge < -0.3 is 19.4 Å². The second-order valence-electron chi connectivity index (χ2n) is 5.94. The van der Waals surface area contributed by atoms with Crippen molar-refractivity contribution >= 4 is 10.9 Å². The smallest absolute Gasteiger partial charge is 0.258 e. The van der Waals surface area contributed by atoms with Crippen molar-refractivity contribution in [2.45, 2.75) is 6.54 Å². The minimum Gasteiger partial charge on any atom is -0.497 e. The van der Waals surface area contributed by atoms with Crippen molar-refractivity contribution in [3.05, 3.63) is 64.7 Å². The van der Waals surface area contributed by atoms with Gasteiger partial charge in [-0.25, -0.2) is 4.98 Å².